The lowest BCUT2D eigenvalue weighted by atomic mass is 9.72. The summed E-state index contributed by atoms with van der Waals surface area (Å²) in [5.41, 5.74) is 2.25. The van der Waals surface area contributed by atoms with Crippen molar-refractivity contribution in [3.05, 3.63) is 36.4 Å². The minimum absolute atomic E-state index is 0.0747. The molecular formula is C18H20N2O3. The number of nitrogens with one attached hydrogen (secondary N) is 1. The van der Waals surface area contributed by atoms with Crippen LogP contribution in [0.5, 0.6) is 0 Å². The number of nitrogens with zero attached hydrogens (tertiary/aromatic N) is 1. The number of rotatable bonds is 2. The predicted molar refractivity (Wildman–Crippen MR) is 86.5 cm³/mol. The SMILES string of the molecule is CCC1CC2C(=O)C(c3nc4ccccc4[nH]3)=COC2CC1O. The maximum Gasteiger partial charge on any atom is 0.176 e. The molecule has 5 heteroatoms. The molecule has 120 valence electrons. The van der Waals surface area contributed by atoms with Crippen molar-refractivity contribution >= 4 is 22.4 Å². The minimum atomic E-state index is -0.379. The second-order valence-corrected chi connectivity index (χ2v) is 6.49. The summed E-state index contributed by atoms with van der Waals surface area (Å²) in [6, 6.07) is 7.71. The van der Waals surface area contributed by atoms with Gasteiger partial charge >= 0.3 is 0 Å². The van der Waals surface area contributed by atoms with Gasteiger partial charge in [-0.3, -0.25) is 4.79 Å². The smallest absolute Gasteiger partial charge is 0.176 e. The second-order valence-electron chi connectivity index (χ2n) is 6.49. The van der Waals surface area contributed by atoms with Crippen LogP contribution in [-0.4, -0.2) is 33.1 Å². The molecule has 2 heterocycles. The van der Waals surface area contributed by atoms with Crippen LogP contribution in [0.2, 0.25) is 0 Å². The van der Waals surface area contributed by atoms with Crippen molar-refractivity contribution in [3.8, 4) is 0 Å². The Morgan fingerprint density at radius 1 is 1.35 bits per heavy atom. The molecule has 0 radical (unpaired) electrons. The first-order chi connectivity index (χ1) is 11.2. The van der Waals surface area contributed by atoms with Crippen molar-refractivity contribution < 1.29 is 14.6 Å². The molecule has 2 aromatic rings. The van der Waals surface area contributed by atoms with Crippen LogP contribution in [-0.2, 0) is 9.53 Å². The number of Topliss-reactive ketones (excluding diaryl/α,β-unsaturated/α-hetero) is 1. The summed E-state index contributed by atoms with van der Waals surface area (Å²) in [6.07, 6.45) is 3.00. The fourth-order valence-corrected chi connectivity index (χ4v) is 3.76. The molecule has 4 atom stereocenters. The molecule has 1 aromatic heterocycles. The summed E-state index contributed by atoms with van der Waals surface area (Å²) in [6.45, 7) is 2.05. The van der Waals surface area contributed by atoms with Crippen LogP contribution in [0.4, 0.5) is 0 Å². The third kappa shape index (κ3) is 2.36. The van der Waals surface area contributed by atoms with E-state index in [2.05, 4.69) is 16.9 Å². The Morgan fingerprint density at radius 2 is 2.17 bits per heavy atom. The van der Waals surface area contributed by atoms with E-state index in [1.165, 1.54) is 6.26 Å². The van der Waals surface area contributed by atoms with Gasteiger partial charge in [-0.1, -0.05) is 25.5 Å². The average Bonchev–Trinajstić information content (AvgIpc) is 2.98. The van der Waals surface area contributed by atoms with E-state index in [0.717, 1.165) is 17.5 Å². The fourth-order valence-electron chi connectivity index (χ4n) is 3.76. The fraction of sp³-hybridized carbons (Fsp3) is 0.444. The zero-order chi connectivity index (χ0) is 16.0. The van der Waals surface area contributed by atoms with E-state index < -0.39 is 0 Å². The van der Waals surface area contributed by atoms with E-state index in [9.17, 15) is 9.90 Å². The number of para-hydroxylation sites is 2. The van der Waals surface area contributed by atoms with Gasteiger partial charge in [0.1, 0.15) is 11.9 Å². The number of ether oxygens (including phenoxy) is 1. The van der Waals surface area contributed by atoms with Crippen LogP contribution < -0.4 is 0 Å². The van der Waals surface area contributed by atoms with Crippen molar-refractivity contribution in [3.63, 3.8) is 0 Å². The van der Waals surface area contributed by atoms with Gasteiger partial charge in [0.2, 0.25) is 0 Å². The number of imidazole rings is 1. The summed E-state index contributed by atoms with van der Waals surface area (Å²) < 4.78 is 5.78. The van der Waals surface area contributed by atoms with Crippen molar-refractivity contribution in [1.82, 2.24) is 9.97 Å². The number of fused-ring (bicyclic) bond motifs is 2. The summed E-state index contributed by atoms with van der Waals surface area (Å²) >= 11 is 0. The van der Waals surface area contributed by atoms with Crippen molar-refractivity contribution in [2.45, 2.75) is 38.4 Å². The molecule has 2 aliphatic rings. The van der Waals surface area contributed by atoms with Gasteiger partial charge in [-0.05, 0) is 24.5 Å². The monoisotopic (exact) mass is 312 g/mol. The van der Waals surface area contributed by atoms with Crippen LogP contribution in [0, 0.1) is 11.8 Å². The lowest BCUT2D eigenvalue weighted by Crippen LogP contribution is -2.44. The number of H-pyrrole nitrogens is 1. The summed E-state index contributed by atoms with van der Waals surface area (Å²) in [5, 5.41) is 10.1. The molecule has 4 rings (SSSR count). The van der Waals surface area contributed by atoms with Crippen molar-refractivity contribution in [1.29, 1.82) is 0 Å². The van der Waals surface area contributed by atoms with Gasteiger partial charge in [0.05, 0.1) is 34.9 Å². The van der Waals surface area contributed by atoms with E-state index >= 15 is 0 Å². The molecule has 1 fully saturated rings. The zero-order valence-corrected chi connectivity index (χ0v) is 13.0. The van der Waals surface area contributed by atoms with E-state index in [1.807, 2.05) is 24.3 Å². The molecule has 4 unspecified atom stereocenters. The maximum absolute atomic E-state index is 12.9. The number of benzene rings is 1. The van der Waals surface area contributed by atoms with Gasteiger partial charge in [-0.15, -0.1) is 0 Å². The molecule has 1 aromatic carbocycles. The standard InChI is InChI=1S/C18H20N2O3/c1-2-10-7-11-16(8-15(10)21)23-9-12(17(11)22)18-19-13-5-3-4-6-14(13)20-18/h3-6,9-11,15-16,21H,2,7-8H2,1H3,(H,19,20). The number of aliphatic hydroxyl groups excluding tert-OH is 1. The Labute approximate surface area is 134 Å². The number of aliphatic hydroxyl groups is 1. The molecule has 23 heavy (non-hydrogen) atoms. The highest BCUT2D eigenvalue weighted by Crippen LogP contribution is 2.39. The van der Waals surface area contributed by atoms with Gasteiger partial charge in [-0.2, -0.15) is 0 Å². The van der Waals surface area contributed by atoms with Crippen molar-refractivity contribution in [2.24, 2.45) is 11.8 Å². The first-order valence-electron chi connectivity index (χ1n) is 8.20. The van der Waals surface area contributed by atoms with Gasteiger partial charge in [0.15, 0.2) is 5.78 Å². The quantitative estimate of drug-likeness (QED) is 0.894. The number of carbonyl (C=O) groups excluding carboxylic acids is 1. The topological polar surface area (TPSA) is 75.2 Å². The molecule has 0 saturated heterocycles. The highest BCUT2D eigenvalue weighted by molar-refractivity contribution is 6.21. The number of aromatic nitrogens is 2. The molecular weight excluding hydrogens is 292 g/mol. The molecule has 0 spiro atoms. The maximum atomic E-state index is 12.9. The minimum Gasteiger partial charge on any atom is -0.496 e. The highest BCUT2D eigenvalue weighted by atomic mass is 16.5. The largest absolute Gasteiger partial charge is 0.496 e. The first kappa shape index (κ1) is 14.5. The van der Waals surface area contributed by atoms with E-state index in [1.54, 1.807) is 0 Å². The third-order valence-electron chi connectivity index (χ3n) is 5.16. The van der Waals surface area contributed by atoms with E-state index in [-0.39, 0.29) is 29.8 Å². The van der Waals surface area contributed by atoms with Gasteiger partial charge in [0, 0.05) is 6.42 Å². The van der Waals surface area contributed by atoms with E-state index in [4.69, 9.17) is 4.74 Å². The Kier molecular flexibility index (Phi) is 3.45. The number of carbonyl (C=O) groups is 1. The average molecular weight is 312 g/mol. The third-order valence-corrected chi connectivity index (χ3v) is 5.16. The van der Waals surface area contributed by atoms with Crippen LogP contribution in [0.15, 0.2) is 30.5 Å². The summed E-state index contributed by atoms with van der Waals surface area (Å²) in [5.74, 6) is 0.620. The molecule has 0 bridgehead atoms. The zero-order valence-electron chi connectivity index (χ0n) is 13.0. The second kappa shape index (κ2) is 5.49. The lowest BCUT2D eigenvalue weighted by molar-refractivity contribution is -0.129. The molecule has 0 amide bonds. The molecule has 5 nitrogen and oxygen atoms in total. The molecule has 1 saturated carbocycles. The van der Waals surface area contributed by atoms with Gasteiger partial charge < -0.3 is 14.8 Å². The van der Waals surface area contributed by atoms with Crippen LogP contribution >= 0.6 is 0 Å². The van der Waals surface area contributed by atoms with Crippen LogP contribution in [0.3, 0.4) is 0 Å². The van der Waals surface area contributed by atoms with Gasteiger partial charge in [0.25, 0.3) is 0 Å². The summed E-state index contributed by atoms with van der Waals surface area (Å²) in [4.78, 5) is 20.6. The highest BCUT2D eigenvalue weighted by Gasteiger charge is 2.44. The number of allylic oxidation sites excluding steroid dienone is 1. The lowest BCUT2D eigenvalue weighted by Gasteiger charge is -2.39. The number of ketones is 1. The normalized spacial score (nSPS) is 30.7. The van der Waals surface area contributed by atoms with Crippen LogP contribution in [0.1, 0.15) is 32.0 Å². The Hall–Kier alpha value is -2.14. The van der Waals surface area contributed by atoms with E-state index in [0.29, 0.717) is 24.2 Å². The Morgan fingerprint density at radius 3 is 2.96 bits per heavy atom. The molecule has 2 N–H and O–H groups in total. The Bertz CT molecular complexity index is 746. The number of aromatic amines is 1. The van der Waals surface area contributed by atoms with Gasteiger partial charge in [-0.25, -0.2) is 4.98 Å². The van der Waals surface area contributed by atoms with Crippen LogP contribution in [0.25, 0.3) is 16.6 Å². The van der Waals surface area contributed by atoms with Crippen molar-refractivity contribution in [2.75, 3.05) is 0 Å². The number of hydrogen-bond acceptors (Lipinski definition) is 4. The molecule has 1 aliphatic heterocycles. The summed E-state index contributed by atoms with van der Waals surface area (Å²) in [7, 11) is 0. The predicted octanol–water partition coefficient (Wildman–Crippen LogP) is 2.67. The first-order valence-corrected chi connectivity index (χ1v) is 8.20. The molecule has 1 aliphatic carbocycles. The number of hydrogen-bond donors (Lipinski definition) is 2. The Balaban J connectivity index is 1.67.